The van der Waals surface area contributed by atoms with Crippen LogP contribution < -0.4 is 5.32 Å². The quantitative estimate of drug-likeness (QED) is 0.676. The fraction of sp³-hybridized carbons (Fsp3) is 0.385. The molecule has 4 nitrogen and oxygen atoms in total. The van der Waals surface area contributed by atoms with Crippen LogP contribution in [-0.2, 0) is 16.0 Å². The van der Waals surface area contributed by atoms with E-state index in [9.17, 15) is 9.59 Å². The first kappa shape index (κ1) is 15.9. The Hall–Kier alpha value is -1.20. The molecule has 1 aromatic carbocycles. The number of benzene rings is 1. The Morgan fingerprint density at radius 3 is 2.63 bits per heavy atom. The summed E-state index contributed by atoms with van der Waals surface area (Å²) in [5, 5.41) is 12.0. The minimum atomic E-state index is -1.04. The van der Waals surface area contributed by atoms with Crippen LogP contribution in [0.3, 0.4) is 0 Å². The maximum atomic E-state index is 11.7. The summed E-state index contributed by atoms with van der Waals surface area (Å²) in [6.45, 7) is 0. The molecular formula is C13H16ClNO3S. The molecule has 6 heteroatoms. The Morgan fingerprint density at radius 1 is 1.37 bits per heavy atom. The Balaban J connectivity index is 2.47. The summed E-state index contributed by atoms with van der Waals surface area (Å²) in [5.74, 6) is -0.934. The minimum absolute atomic E-state index is 0.208. The van der Waals surface area contributed by atoms with Gasteiger partial charge in [0.05, 0.1) is 0 Å². The summed E-state index contributed by atoms with van der Waals surface area (Å²) < 4.78 is 0. The number of aryl methyl sites for hydroxylation is 1. The second-order valence-electron chi connectivity index (χ2n) is 4.06. The van der Waals surface area contributed by atoms with Gasteiger partial charge in [-0.1, -0.05) is 29.8 Å². The third-order valence-corrected chi connectivity index (χ3v) is 3.26. The molecule has 0 aliphatic rings. The van der Waals surface area contributed by atoms with Crippen molar-refractivity contribution in [3.63, 3.8) is 0 Å². The van der Waals surface area contributed by atoms with Crippen molar-refractivity contribution >= 4 is 36.1 Å². The number of carbonyl (C=O) groups is 2. The minimum Gasteiger partial charge on any atom is -0.480 e. The van der Waals surface area contributed by atoms with Crippen molar-refractivity contribution in [3.8, 4) is 0 Å². The van der Waals surface area contributed by atoms with Gasteiger partial charge in [-0.15, -0.1) is 0 Å². The Morgan fingerprint density at radius 2 is 2.05 bits per heavy atom. The molecule has 0 aliphatic carbocycles. The number of hydrogen-bond donors (Lipinski definition) is 3. The van der Waals surface area contributed by atoms with Crippen molar-refractivity contribution in [2.24, 2.45) is 0 Å². The van der Waals surface area contributed by atoms with Gasteiger partial charge in [-0.2, -0.15) is 12.6 Å². The number of carboxylic acids is 1. The van der Waals surface area contributed by atoms with Gasteiger partial charge in [0.15, 0.2) is 0 Å². The summed E-state index contributed by atoms with van der Waals surface area (Å²) in [5.41, 5.74) is 0.875. The molecule has 0 spiro atoms. The molecule has 1 aromatic rings. The molecule has 0 saturated carbocycles. The summed E-state index contributed by atoms with van der Waals surface area (Å²) in [4.78, 5) is 22.6. The van der Waals surface area contributed by atoms with Crippen molar-refractivity contribution in [3.05, 3.63) is 34.9 Å². The Labute approximate surface area is 122 Å². The Bertz CT molecular complexity index is 453. The normalized spacial score (nSPS) is 11.9. The molecule has 0 fully saturated rings. The van der Waals surface area contributed by atoms with E-state index in [2.05, 4.69) is 17.9 Å². The van der Waals surface area contributed by atoms with Crippen LogP contribution in [0.25, 0.3) is 0 Å². The molecule has 0 saturated heterocycles. The molecule has 0 aromatic heterocycles. The molecule has 1 amide bonds. The highest BCUT2D eigenvalue weighted by atomic mass is 35.5. The number of hydrogen-bond acceptors (Lipinski definition) is 3. The predicted octanol–water partition coefficient (Wildman–Crippen LogP) is 2.16. The van der Waals surface area contributed by atoms with Crippen molar-refractivity contribution < 1.29 is 14.7 Å². The molecular weight excluding hydrogens is 286 g/mol. The molecule has 1 atom stereocenters. The van der Waals surface area contributed by atoms with Gasteiger partial charge in [-0.25, -0.2) is 4.79 Å². The average Bonchev–Trinajstić information content (AvgIpc) is 2.37. The van der Waals surface area contributed by atoms with E-state index in [0.717, 1.165) is 5.56 Å². The molecule has 19 heavy (non-hydrogen) atoms. The van der Waals surface area contributed by atoms with Gasteiger partial charge in [0.1, 0.15) is 6.04 Å². The molecule has 104 valence electrons. The van der Waals surface area contributed by atoms with Gasteiger partial charge < -0.3 is 10.4 Å². The number of carboxylic acid groups (broad SMARTS) is 1. The van der Waals surface area contributed by atoms with E-state index in [1.165, 1.54) is 0 Å². The van der Waals surface area contributed by atoms with Crippen LogP contribution in [0.15, 0.2) is 24.3 Å². The van der Waals surface area contributed by atoms with Crippen LogP contribution in [-0.4, -0.2) is 28.8 Å². The van der Waals surface area contributed by atoms with Gasteiger partial charge in [-0.3, -0.25) is 4.79 Å². The second-order valence-corrected chi connectivity index (χ2v) is 4.92. The lowest BCUT2D eigenvalue weighted by Crippen LogP contribution is -2.41. The smallest absolute Gasteiger partial charge is 0.326 e. The number of amides is 1. The van der Waals surface area contributed by atoms with Crippen LogP contribution in [0.2, 0.25) is 5.02 Å². The highest BCUT2D eigenvalue weighted by molar-refractivity contribution is 7.80. The summed E-state index contributed by atoms with van der Waals surface area (Å²) in [6, 6.07) is 6.39. The molecule has 0 heterocycles. The van der Waals surface area contributed by atoms with Crippen LogP contribution in [0, 0.1) is 0 Å². The third kappa shape index (κ3) is 5.53. The molecule has 0 radical (unpaired) electrons. The predicted molar refractivity (Wildman–Crippen MR) is 77.8 cm³/mol. The van der Waals surface area contributed by atoms with E-state index in [1.807, 2.05) is 18.2 Å². The average molecular weight is 302 g/mol. The first-order chi connectivity index (χ1) is 9.04. The SMILES string of the molecule is O=C(CCc1ccccc1Cl)NC(CCS)C(=O)O. The van der Waals surface area contributed by atoms with Crippen molar-refractivity contribution in [1.29, 1.82) is 0 Å². The van der Waals surface area contributed by atoms with Crippen molar-refractivity contribution in [2.75, 3.05) is 5.75 Å². The number of thiol groups is 1. The second kappa shape index (κ2) is 8.07. The maximum Gasteiger partial charge on any atom is 0.326 e. The molecule has 1 unspecified atom stereocenters. The van der Waals surface area contributed by atoms with Crippen LogP contribution in [0.1, 0.15) is 18.4 Å². The standard InChI is InChI=1S/C13H16ClNO3S/c14-10-4-2-1-3-9(10)5-6-12(16)15-11(7-8-19)13(17)18/h1-4,11,19H,5-8H2,(H,15,16)(H,17,18). The zero-order valence-corrected chi connectivity index (χ0v) is 12.0. The van der Waals surface area contributed by atoms with E-state index in [0.29, 0.717) is 23.6 Å². The zero-order chi connectivity index (χ0) is 14.3. The molecule has 1 rings (SSSR count). The van der Waals surface area contributed by atoms with Gasteiger partial charge in [0.2, 0.25) is 5.91 Å². The number of aliphatic carboxylic acids is 1. The van der Waals surface area contributed by atoms with Crippen LogP contribution in [0.5, 0.6) is 0 Å². The number of carbonyl (C=O) groups excluding carboxylic acids is 1. The fourth-order valence-electron chi connectivity index (χ4n) is 1.60. The summed E-state index contributed by atoms with van der Waals surface area (Å²) in [7, 11) is 0. The van der Waals surface area contributed by atoms with Crippen LogP contribution in [0.4, 0.5) is 0 Å². The topological polar surface area (TPSA) is 66.4 Å². The van der Waals surface area contributed by atoms with E-state index in [1.54, 1.807) is 6.07 Å². The van der Waals surface area contributed by atoms with E-state index in [-0.39, 0.29) is 12.3 Å². The number of rotatable bonds is 7. The van der Waals surface area contributed by atoms with Crippen molar-refractivity contribution in [2.45, 2.75) is 25.3 Å². The largest absolute Gasteiger partial charge is 0.480 e. The highest BCUT2D eigenvalue weighted by Crippen LogP contribution is 2.16. The molecule has 0 aliphatic heterocycles. The summed E-state index contributed by atoms with van der Waals surface area (Å²) in [6.07, 6.45) is 0.995. The number of nitrogens with one attached hydrogen (secondary N) is 1. The first-order valence-electron chi connectivity index (χ1n) is 5.91. The summed E-state index contributed by atoms with van der Waals surface area (Å²) >= 11 is 9.95. The monoisotopic (exact) mass is 301 g/mol. The highest BCUT2D eigenvalue weighted by Gasteiger charge is 2.18. The lowest BCUT2D eigenvalue weighted by molar-refractivity contribution is -0.141. The maximum absolute atomic E-state index is 11.7. The first-order valence-corrected chi connectivity index (χ1v) is 6.92. The Kier molecular flexibility index (Phi) is 6.73. The molecule has 0 bridgehead atoms. The van der Waals surface area contributed by atoms with Gasteiger partial charge in [0, 0.05) is 11.4 Å². The van der Waals surface area contributed by atoms with E-state index >= 15 is 0 Å². The van der Waals surface area contributed by atoms with E-state index in [4.69, 9.17) is 16.7 Å². The van der Waals surface area contributed by atoms with Crippen molar-refractivity contribution in [1.82, 2.24) is 5.32 Å². The van der Waals surface area contributed by atoms with Gasteiger partial charge in [-0.05, 0) is 30.2 Å². The van der Waals surface area contributed by atoms with Gasteiger partial charge in [0.25, 0.3) is 0 Å². The lowest BCUT2D eigenvalue weighted by Gasteiger charge is -2.13. The van der Waals surface area contributed by atoms with Gasteiger partial charge >= 0.3 is 5.97 Å². The van der Waals surface area contributed by atoms with Crippen LogP contribution >= 0.6 is 24.2 Å². The fourth-order valence-corrected chi connectivity index (χ4v) is 2.09. The molecule has 2 N–H and O–H groups in total. The van der Waals surface area contributed by atoms with E-state index < -0.39 is 12.0 Å². The third-order valence-electron chi connectivity index (χ3n) is 2.63. The number of halogens is 1. The zero-order valence-electron chi connectivity index (χ0n) is 10.3. The lowest BCUT2D eigenvalue weighted by atomic mass is 10.1.